The van der Waals surface area contributed by atoms with Crippen LogP contribution in [0.4, 0.5) is 11.5 Å². The number of methoxy groups -OCH3 is 1. The van der Waals surface area contributed by atoms with E-state index in [0.29, 0.717) is 23.8 Å². The van der Waals surface area contributed by atoms with Crippen molar-refractivity contribution in [3.05, 3.63) is 22.2 Å². The van der Waals surface area contributed by atoms with Crippen LogP contribution in [0.2, 0.25) is 0 Å². The van der Waals surface area contributed by atoms with Gasteiger partial charge in [0.15, 0.2) is 0 Å². The van der Waals surface area contributed by atoms with Gasteiger partial charge in [-0.15, -0.1) is 0 Å². The van der Waals surface area contributed by atoms with Crippen molar-refractivity contribution in [2.45, 2.75) is 37.8 Å². The van der Waals surface area contributed by atoms with Gasteiger partial charge < -0.3 is 15.0 Å². The lowest BCUT2D eigenvalue weighted by Crippen LogP contribution is -2.39. The van der Waals surface area contributed by atoms with Crippen LogP contribution in [0.1, 0.15) is 25.7 Å². The Bertz CT molecular complexity index is 527. The first-order chi connectivity index (χ1) is 10.2. The molecule has 0 amide bonds. The summed E-state index contributed by atoms with van der Waals surface area (Å²) in [6.45, 7) is 1.79. The van der Waals surface area contributed by atoms with Crippen LogP contribution in [0.25, 0.3) is 0 Å². The lowest BCUT2D eigenvalue weighted by Gasteiger charge is -2.26. The molecule has 1 atom stereocenters. The second kappa shape index (κ2) is 5.85. The first-order valence-corrected chi connectivity index (χ1v) is 7.38. The average Bonchev–Trinajstić information content (AvgIpc) is 3.20. The normalized spacial score (nSPS) is 21.3. The number of aromatic nitrogens is 1. The second-order valence-corrected chi connectivity index (χ2v) is 5.63. The molecule has 7 heteroatoms. The number of pyridine rings is 1. The second-order valence-electron chi connectivity index (χ2n) is 5.63. The summed E-state index contributed by atoms with van der Waals surface area (Å²) in [7, 11) is 1.53. The number of nitrogens with one attached hydrogen (secondary N) is 1. The maximum absolute atomic E-state index is 11.3. The zero-order valence-corrected chi connectivity index (χ0v) is 12.1. The van der Waals surface area contributed by atoms with Crippen LogP contribution in [0.5, 0.6) is 5.88 Å². The van der Waals surface area contributed by atoms with Crippen molar-refractivity contribution in [2.75, 3.05) is 25.1 Å². The Balaban J connectivity index is 1.91. The summed E-state index contributed by atoms with van der Waals surface area (Å²) in [5, 5.41) is 14.7. The van der Waals surface area contributed by atoms with Gasteiger partial charge in [0.1, 0.15) is 0 Å². The molecule has 2 fully saturated rings. The van der Waals surface area contributed by atoms with Crippen LogP contribution in [0, 0.1) is 10.1 Å². The summed E-state index contributed by atoms with van der Waals surface area (Å²) in [4.78, 5) is 17.4. The van der Waals surface area contributed by atoms with Crippen LogP contribution in [-0.4, -0.2) is 42.2 Å². The van der Waals surface area contributed by atoms with Gasteiger partial charge in [-0.1, -0.05) is 0 Å². The Morgan fingerprint density at radius 3 is 2.86 bits per heavy atom. The molecule has 3 rings (SSSR count). The van der Waals surface area contributed by atoms with Crippen molar-refractivity contribution in [1.29, 1.82) is 0 Å². The SMILES string of the molecule is COc1ccc([N+](=O)[O-])c(N(CC2CCCN2)C2CC2)n1. The lowest BCUT2D eigenvalue weighted by molar-refractivity contribution is -0.384. The van der Waals surface area contributed by atoms with Crippen LogP contribution in [0.3, 0.4) is 0 Å². The molecule has 1 saturated carbocycles. The summed E-state index contributed by atoms with van der Waals surface area (Å²) in [5.41, 5.74) is 0.0562. The van der Waals surface area contributed by atoms with Crippen molar-refractivity contribution >= 4 is 11.5 Å². The van der Waals surface area contributed by atoms with Gasteiger partial charge in [-0.05, 0) is 32.2 Å². The highest BCUT2D eigenvalue weighted by atomic mass is 16.6. The highest BCUT2D eigenvalue weighted by Gasteiger charge is 2.36. The molecule has 2 aliphatic rings. The van der Waals surface area contributed by atoms with Crippen molar-refractivity contribution in [3.63, 3.8) is 0 Å². The van der Waals surface area contributed by atoms with E-state index in [0.717, 1.165) is 38.8 Å². The van der Waals surface area contributed by atoms with Gasteiger partial charge in [0.05, 0.1) is 12.0 Å². The number of nitrogens with zero attached hydrogens (tertiary/aromatic N) is 3. The standard InChI is InChI=1S/C14H20N4O3/c1-21-13-7-6-12(18(19)20)14(16-13)17(11-4-5-11)9-10-3-2-8-15-10/h6-7,10-11,15H,2-5,8-9H2,1H3. The first kappa shape index (κ1) is 14.1. The van der Waals surface area contributed by atoms with E-state index in [9.17, 15) is 10.1 Å². The zero-order valence-electron chi connectivity index (χ0n) is 12.1. The van der Waals surface area contributed by atoms with E-state index in [1.807, 2.05) is 0 Å². The minimum Gasteiger partial charge on any atom is -0.481 e. The fraction of sp³-hybridized carbons (Fsp3) is 0.643. The van der Waals surface area contributed by atoms with E-state index in [1.54, 1.807) is 6.07 Å². The molecule has 7 nitrogen and oxygen atoms in total. The molecule has 21 heavy (non-hydrogen) atoms. The van der Waals surface area contributed by atoms with Crippen molar-refractivity contribution in [1.82, 2.24) is 10.3 Å². The van der Waals surface area contributed by atoms with Gasteiger partial charge in [-0.2, -0.15) is 4.98 Å². The van der Waals surface area contributed by atoms with Crippen LogP contribution in [0.15, 0.2) is 12.1 Å². The van der Waals surface area contributed by atoms with Gasteiger partial charge in [0.25, 0.3) is 0 Å². The van der Waals surface area contributed by atoms with E-state index in [1.165, 1.54) is 13.2 Å². The summed E-state index contributed by atoms with van der Waals surface area (Å²) >= 11 is 0. The molecule has 1 saturated heterocycles. The molecule has 1 N–H and O–H groups in total. The van der Waals surface area contributed by atoms with Crippen LogP contribution in [-0.2, 0) is 0 Å². The van der Waals surface area contributed by atoms with Gasteiger partial charge in [0.2, 0.25) is 11.7 Å². The van der Waals surface area contributed by atoms with E-state index >= 15 is 0 Å². The molecule has 0 bridgehead atoms. The lowest BCUT2D eigenvalue weighted by atomic mass is 10.2. The molecule has 0 aromatic carbocycles. The third-order valence-corrected chi connectivity index (χ3v) is 4.07. The maximum atomic E-state index is 11.3. The monoisotopic (exact) mass is 292 g/mol. The number of nitro groups is 1. The topological polar surface area (TPSA) is 80.5 Å². The van der Waals surface area contributed by atoms with Gasteiger partial charge in [-0.3, -0.25) is 10.1 Å². The molecule has 0 spiro atoms. The van der Waals surface area contributed by atoms with Crippen LogP contribution < -0.4 is 15.0 Å². The maximum Gasteiger partial charge on any atom is 0.311 e. The molecule has 2 heterocycles. The largest absolute Gasteiger partial charge is 0.481 e. The molecule has 1 aromatic heterocycles. The van der Waals surface area contributed by atoms with E-state index in [2.05, 4.69) is 15.2 Å². The Hall–Kier alpha value is -1.89. The molecular weight excluding hydrogens is 272 g/mol. The molecule has 1 aliphatic heterocycles. The quantitative estimate of drug-likeness (QED) is 0.635. The molecule has 1 aromatic rings. The summed E-state index contributed by atoms with van der Waals surface area (Å²) in [6.07, 6.45) is 4.42. The highest BCUT2D eigenvalue weighted by molar-refractivity contribution is 5.60. The van der Waals surface area contributed by atoms with Crippen molar-refractivity contribution in [3.8, 4) is 5.88 Å². The summed E-state index contributed by atoms with van der Waals surface area (Å²) in [6, 6.07) is 3.78. The fourth-order valence-electron chi connectivity index (χ4n) is 2.84. The van der Waals surface area contributed by atoms with E-state index in [4.69, 9.17) is 4.74 Å². The molecule has 0 radical (unpaired) electrons. The highest BCUT2D eigenvalue weighted by Crippen LogP contribution is 2.37. The Kier molecular flexibility index (Phi) is 3.92. The third-order valence-electron chi connectivity index (χ3n) is 4.07. The summed E-state index contributed by atoms with van der Waals surface area (Å²) < 4.78 is 5.13. The fourth-order valence-corrected chi connectivity index (χ4v) is 2.84. The molecule has 1 unspecified atom stereocenters. The summed E-state index contributed by atoms with van der Waals surface area (Å²) in [5.74, 6) is 0.858. The predicted molar refractivity (Wildman–Crippen MR) is 78.8 cm³/mol. The van der Waals surface area contributed by atoms with Gasteiger partial charge in [0, 0.05) is 30.8 Å². The first-order valence-electron chi connectivity index (χ1n) is 7.38. The van der Waals surface area contributed by atoms with Gasteiger partial charge in [-0.25, -0.2) is 0 Å². The molecule has 114 valence electrons. The Labute approximate surface area is 123 Å². The van der Waals surface area contributed by atoms with Crippen molar-refractivity contribution < 1.29 is 9.66 Å². The molecular formula is C14H20N4O3. The number of hydrogen-bond acceptors (Lipinski definition) is 6. The number of rotatable bonds is 6. The predicted octanol–water partition coefficient (Wildman–Crippen LogP) is 1.72. The van der Waals surface area contributed by atoms with Crippen LogP contribution >= 0.6 is 0 Å². The number of hydrogen-bond donors (Lipinski definition) is 1. The minimum atomic E-state index is -0.362. The smallest absolute Gasteiger partial charge is 0.311 e. The average molecular weight is 292 g/mol. The van der Waals surface area contributed by atoms with Gasteiger partial charge >= 0.3 is 5.69 Å². The number of ether oxygens (including phenoxy) is 1. The van der Waals surface area contributed by atoms with E-state index in [-0.39, 0.29) is 10.6 Å². The zero-order chi connectivity index (χ0) is 14.8. The molecule has 1 aliphatic carbocycles. The minimum absolute atomic E-state index is 0.0562. The third kappa shape index (κ3) is 3.07. The van der Waals surface area contributed by atoms with E-state index < -0.39 is 0 Å². The Morgan fingerprint density at radius 2 is 2.29 bits per heavy atom. The Morgan fingerprint density at radius 1 is 1.48 bits per heavy atom. The van der Waals surface area contributed by atoms with Crippen molar-refractivity contribution in [2.24, 2.45) is 0 Å². The number of anilines is 1.